The van der Waals surface area contributed by atoms with Crippen LogP contribution >= 0.6 is 0 Å². The molecule has 1 saturated heterocycles. The normalized spacial score (nSPS) is 24.5. The van der Waals surface area contributed by atoms with Gasteiger partial charge in [0.25, 0.3) is 0 Å². The molecule has 1 heterocycles. The topological polar surface area (TPSA) is 54.0 Å². The van der Waals surface area contributed by atoms with Crippen LogP contribution in [0.2, 0.25) is 18.1 Å². The van der Waals surface area contributed by atoms with Crippen molar-refractivity contribution in [3.63, 3.8) is 0 Å². The fraction of sp³-hybridized carbons (Fsp3) is 0.727. The highest BCUT2D eigenvalue weighted by molar-refractivity contribution is 6.74. The smallest absolute Gasteiger partial charge is 0.193 e. The molecule has 0 amide bonds. The number of ether oxygens (including phenoxy) is 3. The predicted octanol–water partition coefficient (Wildman–Crippen LogP) is 8.47. The SMILES string of the molecule is CCCCC[C@@H](CCC1=C2C(CC1=O)Cc1c(OC)cccc1[C@H]2O[Si](C)(C)C(C)(C)C)OC1CCCCO1. The second kappa shape index (κ2) is 13.0. The molecule has 218 valence electrons. The number of methoxy groups -OCH3 is 1. The van der Waals surface area contributed by atoms with Crippen LogP contribution in [0.15, 0.2) is 29.3 Å². The van der Waals surface area contributed by atoms with E-state index in [1.165, 1.54) is 29.5 Å². The number of unbranched alkanes of at least 4 members (excludes halogenated alkanes) is 2. The Hall–Kier alpha value is -1.47. The van der Waals surface area contributed by atoms with Crippen molar-refractivity contribution >= 4 is 14.1 Å². The maximum atomic E-state index is 13.6. The summed E-state index contributed by atoms with van der Waals surface area (Å²) < 4.78 is 25.4. The molecular formula is C33H52O5Si. The summed E-state index contributed by atoms with van der Waals surface area (Å²) in [6.07, 6.45) is 10.7. The van der Waals surface area contributed by atoms with Gasteiger partial charge in [0.1, 0.15) is 5.75 Å². The summed E-state index contributed by atoms with van der Waals surface area (Å²) in [6, 6.07) is 6.30. The molecule has 0 aromatic heterocycles. The van der Waals surface area contributed by atoms with Gasteiger partial charge in [0.15, 0.2) is 20.4 Å². The number of ketones is 1. The maximum Gasteiger partial charge on any atom is 0.193 e. The first-order chi connectivity index (χ1) is 18.6. The third-order valence-corrected chi connectivity index (χ3v) is 13.9. The number of carbonyl (C=O) groups is 1. The first-order valence-electron chi connectivity index (χ1n) is 15.4. The van der Waals surface area contributed by atoms with Crippen molar-refractivity contribution in [2.45, 2.75) is 135 Å². The van der Waals surface area contributed by atoms with Gasteiger partial charge >= 0.3 is 0 Å². The number of fused-ring (bicyclic) bond motifs is 2. The second-order valence-electron chi connectivity index (χ2n) is 13.3. The summed E-state index contributed by atoms with van der Waals surface area (Å²) in [5.74, 6) is 1.40. The quantitative estimate of drug-likeness (QED) is 0.191. The molecule has 2 aliphatic carbocycles. The lowest BCUT2D eigenvalue weighted by atomic mass is 9.78. The van der Waals surface area contributed by atoms with Gasteiger partial charge in [-0.1, -0.05) is 59.1 Å². The zero-order chi connectivity index (χ0) is 28.2. The Balaban J connectivity index is 1.64. The average Bonchev–Trinajstić information content (AvgIpc) is 3.21. The van der Waals surface area contributed by atoms with E-state index in [-0.39, 0.29) is 29.5 Å². The van der Waals surface area contributed by atoms with Gasteiger partial charge in [-0.15, -0.1) is 0 Å². The molecule has 5 nitrogen and oxygen atoms in total. The summed E-state index contributed by atoms with van der Waals surface area (Å²) in [4.78, 5) is 13.6. The van der Waals surface area contributed by atoms with E-state index >= 15 is 0 Å². The largest absolute Gasteiger partial charge is 0.496 e. The van der Waals surface area contributed by atoms with E-state index in [9.17, 15) is 4.79 Å². The Morgan fingerprint density at radius 1 is 1.10 bits per heavy atom. The maximum absolute atomic E-state index is 13.6. The Labute approximate surface area is 238 Å². The molecular weight excluding hydrogens is 504 g/mol. The van der Waals surface area contributed by atoms with E-state index in [4.69, 9.17) is 18.6 Å². The molecule has 6 heteroatoms. The minimum atomic E-state index is -2.12. The van der Waals surface area contributed by atoms with E-state index in [1.807, 2.05) is 6.07 Å². The summed E-state index contributed by atoms with van der Waals surface area (Å²) in [6.45, 7) is 14.5. The van der Waals surface area contributed by atoms with Crippen LogP contribution in [0.4, 0.5) is 0 Å². The highest BCUT2D eigenvalue weighted by atomic mass is 28.4. The van der Waals surface area contributed by atoms with Gasteiger partial charge in [0.2, 0.25) is 0 Å². The van der Waals surface area contributed by atoms with E-state index in [0.29, 0.717) is 12.2 Å². The van der Waals surface area contributed by atoms with Gasteiger partial charge < -0.3 is 18.6 Å². The van der Waals surface area contributed by atoms with Crippen molar-refractivity contribution in [1.82, 2.24) is 0 Å². The van der Waals surface area contributed by atoms with E-state index < -0.39 is 8.32 Å². The molecule has 3 aliphatic rings. The van der Waals surface area contributed by atoms with Crippen LogP contribution in [-0.2, 0) is 25.1 Å². The summed E-state index contributed by atoms with van der Waals surface area (Å²) in [7, 11) is -0.383. The molecule has 0 radical (unpaired) electrons. The molecule has 0 bridgehead atoms. The van der Waals surface area contributed by atoms with E-state index in [1.54, 1.807) is 7.11 Å². The van der Waals surface area contributed by atoms with Crippen LogP contribution in [0.25, 0.3) is 0 Å². The molecule has 39 heavy (non-hydrogen) atoms. The number of Topliss-reactive ketones (excluding diaryl/α,β-unsaturated/α-hetero) is 1. The van der Waals surface area contributed by atoms with Crippen LogP contribution in [0.5, 0.6) is 5.75 Å². The Bertz CT molecular complexity index is 1020. The molecule has 4 rings (SSSR count). The van der Waals surface area contributed by atoms with Crippen molar-refractivity contribution in [2.24, 2.45) is 5.92 Å². The Kier molecular flexibility index (Phi) is 10.2. The Morgan fingerprint density at radius 3 is 2.56 bits per heavy atom. The lowest BCUT2D eigenvalue weighted by molar-refractivity contribution is -0.190. The molecule has 0 saturated carbocycles. The molecule has 0 N–H and O–H groups in total. The van der Waals surface area contributed by atoms with Crippen LogP contribution in [0.3, 0.4) is 0 Å². The number of carbonyl (C=O) groups excluding carboxylic acids is 1. The molecule has 1 aliphatic heterocycles. The minimum absolute atomic E-state index is 0.0700. The zero-order valence-corrected chi connectivity index (χ0v) is 26.6. The lowest BCUT2D eigenvalue weighted by Gasteiger charge is -2.43. The monoisotopic (exact) mass is 556 g/mol. The number of rotatable bonds is 12. The fourth-order valence-corrected chi connectivity index (χ4v) is 7.39. The fourth-order valence-electron chi connectivity index (χ4n) is 6.19. The van der Waals surface area contributed by atoms with Gasteiger partial charge in [-0.3, -0.25) is 4.79 Å². The lowest BCUT2D eigenvalue weighted by Crippen LogP contribution is -2.43. The van der Waals surface area contributed by atoms with Gasteiger partial charge in [0, 0.05) is 18.6 Å². The van der Waals surface area contributed by atoms with Crippen molar-refractivity contribution in [1.29, 1.82) is 0 Å². The molecule has 2 unspecified atom stereocenters. The molecule has 0 spiro atoms. The molecule has 1 aromatic carbocycles. The number of benzene rings is 1. The van der Waals surface area contributed by atoms with Crippen LogP contribution < -0.4 is 4.74 Å². The molecule has 1 fully saturated rings. The first-order valence-corrected chi connectivity index (χ1v) is 18.3. The van der Waals surface area contributed by atoms with Crippen molar-refractivity contribution in [2.75, 3.05) is 13.7 Å². The average molecular weight is 557 g/mol. The highest BCUT2D eigenvalue weighted by Gasteiger charge is 2.47. The minimum Gasteiger partial charge on any atom is -0.496 e. The predicted molar refractivity (Wildman–Crippen MR) is 160 cm³/mol. The first kappa shape index (κ1) is 30.5. The summed E-state index contributed by atoms with van der Waals surface area (Å²) >= 11 is 0. The Morgan fingerprint density at radius 2 is 1.90 bits per heavy atom. The number of hydrogen-bond donors (Lipinski definition) is 0. The summed E-state index contributed by atoms with van der Waals surface area (Å²) in [5, 5.41) is 0.0700. The van der Waals surface area contributed by atoms with E-state index in [0.717, 1.165) is 69.3 Å². The van der Waals surface area contributed by atoms with E-state index in [2.05, 4.69) is 52.9 Å². The van der Waals surface area contributed by atoms with Gasteiger partial charge in [-0.25, -0.2) is 0 Å². The van der Waals surface area contributed by atoms with Gasteiger partial charge in [-0.05, 0) is 91.8 Å². The standard InChI is InChI=1S/C33H52O5Si/c1-8-9-10-14-24(37-30-17-11-12-20-36-30)18-19-26-28(34)22-23-21-27-25(15-13-16-29(27)35-5)32(31(23)26)38-39(6,7)33(2,3)4/h13,15-16,23-24,30,32H,8-12,14,17-22H2,1-7H3/t23?,24-,30?,32+/m0/s1. The van der Waals surface area contributed by atoms with Crippen LogP contribution in [0, 0.1) is 5.92 Å². The summed E-state index contributed by atoms with van der Waals surface area (Å²) in [5.41, 5.74) is 4.64. The number of hydrogen-bond acceptors (Lipinski definition) is 5. The third kappa shape index (κ3) is 7.06. The van der Waals surface area contributed by atoms with Crippen molar-refractivity contribution in [3.05, 3.63) is 40.5 Å². The van der Waals surface area contributed by atoms with Crippen LogP contribution in [0.1, 0.15) is 109 Å². The molecule has 1 aromatic rings. The van der Waals surface area contributed by atoms with Gasteiger partial charge in [0.05, 0.1) is 19.3 Å². The molecule has 4 atom stereocenters. The van der Waals surface area contributed by atoms with Gasteiger partial charge in [-0.2, -0.15) is 0 Å². The zero-order valence-electron chi connectivity index (χ0n) is 25.6. The number of allylic oxidation sites excluding steroid dienone is 1. The second-order valence-corrected chi connectivity index (χ2v) is 18.1. The van der Waals surface area contributed by atoms with Crippen molar-refractivity contribution < 1.29 is 23.4 Å². The van der Waals surface area contributed by atoms with Crippen LogP contribution in [-0.4, -0.2) is 40.2 Å². The van der Waals surface area contributed by atoms with Crippen molar-refractivity contribution in [3.8, 4) is 5.75 Å². The third-order valence-electron chi connectivity index (χ3n) is 9.51. The highest BCUT2D eigenvalue weighted by Crippen LogP contribution is 2.52.